The Labute approximate surface area is 134 Å². The molecule has 0 aromatic rings. The van der Waals surface area contributed by atoms with Gasteiger partial charge in [0.05, 0.1) is 18.7 Å². The van der Waals surface area contributed by atoms with Gasteiger partial charge in [-0.3, -0.25) is 14.4 Å². The van der Waals surface area contributed by atoms with Gasteiger partial charge in [0.15, 0.2) is 12.0 Å². The minimum absolute atomic E-state index is 0.0429. The second-order valence-corrected chi connectivity index (χ2v) is 6.03. The molecule has 3 rings (SSSR count). The van der Waals surface area contributed by atoms with E-state index in [-0.39, 0.29) is 30.4 Å². The summed E-state index contributed by atoms with van der Waals surface area (Å²) in [5.41, 5.74) is 0.934. The number of carbonyl (C=O) groups is 3. The Hall–Kier alpha value is -2.31. The molecule has 0 bridgehead atoms. The summed E-state index contributed by atoms with van der Waals surface area (Å²) in [5.74, 6) is 0.654. The number of ketones is 1. The van der Waals surface area contributed by atoms with E-state index in [2.05, 4.69) is 5.32 Å². The van der Waals surface area contributed by atoms with Crippen LogP contribution in [0, 0.1) is 0 Å². The first-order valence-electron chi connectivity index (χ1n) is 7.92. The van der Waals surface area contributed by atoms with Gasteiger partial charge in [-0.15, -0.1) is 0 Å². The van der Waals surface area contributed by atoms with E-state index in [0.717, 1.165) is 12.1 Å². The normalized spacial score (nSPS) is 23.4. The number of allylic oxidation sites excluding steroid dienone is 3. The molecule has 3 aliphatic rings. The van der Waals surface area contributed by atoms with Crippen molar-refractivity contribution in [1.29, 1.82) is 0 Å². The number of likely N-dealkylation sites (tertiary alicyclic amines) is 1. The summed E-state index contributed by atoms with van der Waals surface area (Å²) in [6.07, 6.45) is 5.45. The summed E-state index contributed by atoms with van der Waals surface area (Å²) in [7, 11) is 1.91. The van der Waals surface area contributed by atoms with Crippen molar-refractivity contribution in [2.45, 2.75) is 31.9 Å². The van der Waals surface area contributed by atoms with Crippen LogP contribution in [0.25, 0.3) is 0 Å². The molecule has 1 N–H and O–H groups in total. The maximum atomic E-state index is 11.9. The van der Waals surface area contributed by atoms with Gasteiger partial charge in [-0.05, 0) is 18.6 Å². The van der Waals surface area contributed by atoms with E-state index in [1.54, 1.807) is 17.1 Å². The standard InChI is InChI=1S/C16H21N3O4/c1-18-12-5-4-11(20)9-13(12)23-16(18)6-7-17-14(21)10-19-8-2-3-15(19)22/h4-5,16H,2-3,6-10H2,1H3,(H,17,21). The van der Waals surface area contributed by atoms with Gasteiger partial charge in [0.2, 0.25) is 11.8 Å². The summed E-state index contributed by atoms with van der Waals surface area (Å²) in [6.45, 7) is 1.26. The highest BCUT2D eigenvalue weighted by molar-refractivity contribution is 5.93. The number of amides is 2. The minimum Gasteiger partial charge on any atom is -0.472 e. The number of nitrogens with zero attached hydrogens (tertiary/aromatic N) is 2. The number of ether oxygens (including phenoxy) is 1. The van der Waals surface area contributed by atoms with Crippen LogP contribution in [0.1, 0.15) is 25.7 Å². The topological polar surface area (TPSA) is 79.0 Å². The van der Waals surface area contributed by atoms with Gasteiger partial charge in [0.1, 0.15) is 5.76 Å². The lowest BCUT2D eigenvalue weighted by molar-refractivity contribution is -0.133. The van der Waals surface area contributed by atoms with Crippen LogP contribution in [0.4, 0.5) is 0 Å². The third-order valence-electron chi connectivity index (χ3n) is 4.36. The Morgan fingerprint density at radius 2 is 2.22 bits per heavy atom. The zero-order chi connectivity index (χ0) is 16.4. The van der Waals surface area contributed by atoms with Crippen LogP contribution in [0.3, 0.4) is 0 Å². The molecule has 1 unspecified atom stereocenters. The Bertz CT molecular complexity index is 596. The van der Waals surface area contributed by atoms with Gasteiger partial charge in [-0.1, -0.05) is 0 Å². The van der Waals surface area contributed by atoms with Crippen molar-refractivity contribution in [3.63, 3.8) is 0 Å². The van der Waals surface area contributed by atoms with Crippen LogP contribution in [0.5, 0.6) is 0 Å². The molecule has 0 aromatic heterocycles. The molecule has 1 saturated heterocycles. The van der Waals surface area contributed by atoms with Crippen molar-refractivity contribution >= 4 is 17.6 Å². The van der Waals surface area contributed by atoms with Gasteiger partial charge in [-0.25, -0.2) is 0 Å². The number of nitrogens with one attached hydrogen (secondary N) is 1. The molecule has 2 heterocycles. The molecule has 23 heavy (non-hydrogen) atoms. The van der Waals surface area contributed by atoms with E-state index >= 15 is 0 Å². The average molecular weight is 319 g/mol. The van der Waals surface area contributed by atoms with Gasteiger partial charge in [0.25, 0.3) is 0 Å². The molecule has 1 atom stereocenters. The van der Waals surface area contributed by atoms with Gasteiger partial charge < -0.3 is 19.9 Å². The Kier molecular flexibility index (Phi) is 4.36. The molecule has 0 radical (unpaired) electrons. The SMILES string of the molecule is CN1C2=C(CC(=O)C=C2)OC1CCNC(=O)CN1CCCC1=O. The summed E-state index contributed by atoms with van der Waals surface area (Å²) < 4.78 is 5.80. The molecule has 0 saturated carbocycles. The molecule has 2 aliphatic heterocycles. The highest BCUT2D eigenvalue weighted by atomic mass is 16.5. The smallest absolute Gasteiger partial charge is 0.239 e. The summed E-state index contributed by atoms with van der Waals surface area (Å²) >= 11 is 0. The molecule has 7 nitrogen and oxygen atoms in total. The monoisotopic (exact) mass is 319 g/mol. The van der Waals surface area contributed by atoms with Gasteiger partial charge in [0, 0.05) is 33.0 Å². The van der Waals surface area contributed by atoms with E-state index < -0.39 is 0 Å². The van der Waals surface area contributed by atoms with Crippen molar-refractivity contribution in [3.05, 3.63) is 23.6 Å². The highest BCUT2D eigenvalue weighted by Gasteiger charge is 2.32. The van der Waals surface area contributed by atoms with Crippen LogP contribution in [0.2, 0.25) is 0 Å². The molecule has 1 aliphatic carbocycles. The summed E-state index contributed by atoms with van der Waals surface area (Å²) in [6, 6.07) is 0. The number of carbonyl (C=O) groups excluding carboxylic acids is 3. The fourth-order valence-corrected chi connectivity index (χ4v) is 3.08. The molecule has 2 amide bonds. The van der Waals surface area contributed by atoms with Crippen LogP contribution in [0.15, 0.2) is 23.6 Å². The maximum absolute atomic E-state index is 11.9. The van der Waals surface area contributed by atoms with E-state index in [4.69, 9.17) is 4.74 Å². The van der Waals surface area contributed by atoms with E-state index in [0.29, 0.717) is 38.1 Å². The summed E-state index contributed by atoms with van der Waals surface area (Å²) in [5, 5.41) is 2.82. The fourth-order valence-electron chi connectivity index (χ4n) is 3.08. The largest absolute Gasteiger partial charge is 0.472 e. The molecule has 0 spiro atoms. The predicted octanol–water partition coefficient (Wildman–Crippen LogP) is 0.144. The van der Waals surface area contributed by atoms with E-state index in [1.165, 1.54) is 0 Å². The van der Waals surface area contributed by atoms with Crippen molar-refractivity contribution < 1.29 is 19.1 Å². The second kappa shape index (κ2) is 6.44. The number of likely N-dealkylation sites (N-methyl/N-ethyl adjacent to an activating group) is 1. The molecule has 1 fully saturated rings. The lowest BCUT2D eigenvalue weighted by atomic mass is 10.1. The van der Waals surface area contributed by atoms with Crippen molar-refractivity contribution in [3.8, 4) is 0 Å². The molecular formula is C16H21N3O4. The first-order chi connectivity index (χ1) is 11.0. The first kappa shape index (κ1) is 15.6. The van der Waals surface area contributed by atoms with Crippen molar-refractivity contribution in [2.75, 3.05) is 26.7 Å². The zero-order valence-electron chi connectivity index (χ0n) is 13.2. The number of hydrogen-bond donors (Lipinski definition) is 1. The third-order valence-corrected chi connectivity index (χ3v) is 4.36. The number of hydrogen-bond acceptors (Lipinski definition) is 5. The average Bonchev–Trinajstić information content (AvgIpc) is 3.03. The molecule has 7 heteroatoms. The Morgan fingerprint density at radius 1 is 1.39 bits per heavy atom. The van der Waals surface area contributed by atoms with E-state index in [1.807, 2.05) is 11.9 Å². The third kappa shape index (κ3) is 3.38. The number of rotatable bonds is 5. The molecule has 124 valence electrons. The van der Waals surface area contributed by atoms with Crippen LogP contribution < -0.4 is 5.32 Å². The first-order valence-corrected chi connectivity index (χ1v) is 7.92. The second-order valence-electron chi connectivity index (χ2n) is 6.03. The highest BCUT2D eigenvalue weighted by Crippen LogP contribution is 2.31. The fraction of sp³-hybridized carbons (Fsp3) is 0.562. The van der Waals surface area contributed by atoms with Crippen LogP contribution >= 0.6 is 0 Å². The van der Waals surface area contributed by atoms with Crippen molar-refractivity contribution in [1.82, 2.24) is 15.1 Å². The van der Waals surface area contributed by atoms with Gasteiger partial charge >= 0.3 is 0 Å². The molecule has 0 aromatic carbocycles. The maximum Gasteiger partial charge on any atom is 0.239 e. The van der Waals surface area contributed by atoms with Crippen LogP contribution in [-0.2, 0) is 19.1 Å². The molecular weight excluding hydrogens is 298 g/mol. The zero-order valence-corrected chi connectivity index (χ0v) is 13.2. The lowest BCUT2D eigenvalue weighted by Crippen LogP contribution is -2.39. The Morgan fingerprint density at radius 3 is 2.96 bits per heavy atom. The Balaban J connectivity index is 1.41. The van der Waals surface area contributed by atoms with Gasteiger partial charge in [-0.2, -0.15) is 0 Å². The van der Waals surface area contributed by atoms with E-state index in [9.17, 15) is 14.4 Å². The lowest BCUT2D eigenvalue weighted by Gasteiger charge is -2.22. The summed E-state index contributed by atoms with van der Waals surface area (Å²) in [4.78, 5) is 38.3. The van der Waals surface area contributed by atoms with Crippen LogP contribution in [-0.4, -0.2) is 60.3 Å². The quantitative estimate of drug-likeness (QED) is 0.780. The van der Waals surface area contributed by atoms with Crippen molar-refractivity contribution in [2.24, 2.45) is 0 Å². The predicted molar refractivity (Wildman–Crippen MR) is 81.9 cm³/mol. The minimum atomic E-state index is -0.177.